The van der Waals surface area contributed by atoms with Crippen LogP contribution < -0.4 is 122 Å². The molecule has 0 atom stereocenters. The molecule has 0 bridgehead atoms. The molecule has 2 spiro atoms. The van der Waals surface area contributed by atoms with E-state index in [4.69, 9.17) is 0 Å². The molecular weight excluding hydrogens is 1010 g/mol. The predicted octanol–water partition coefficient (Wildman–Crippen LogP) is -0.830. The van der Waals surface area contributed by atoms with E-state index in [-0.39, 0.29) is 116 Å². The van der Waals surface area contributed by atoms with Crippen LogP contribution in [0.3, 0.4) is 0 Å². The number of likely N-dealkylation sites (tertiary alicyclic amines) is 1. The summed E-state index contributed by atoms with van der Waals surface area (Å²) in [7, 11) is 2.31. The second-order valence-electron chi connectivity index (χ2n) is 10.1. The molecule has 1 N–H and O–H groups in total. The zero-order valence-corrected chi connectivity index (χ0v) is 43.5. The van der Waals surface area contributed by atoms with Crippen LogP contribution in [0.1, 0.15) is 85.5 Å². The van der Waals surface area contributed by atoms with Crippen molar-refractivity contribution < 1.29 is 116 Å². The van der Waals surface area contributed by atoms with Gasteiger partial charge in [0.15, 0.2) is 0 Å². The smallest absolute Gasteiger partial charge is 0.346 e. The molecule has 2 saturated heterocycles. The second-order valence-corrected chi connectivity index (χ2v) is 10.1. The first-order chi connectivity index (χ1) is 11.8. The topological polar surface area (TPSA) is 15.3 Å². The standard InChI is InChI=1S/C12H21N.C11H19N.2Rb.2Rf/c1-10-5-4-6-12(13(3)9-10)7-11(2)8-12;1-9-5-11(6-9)3-4-12-8-10(2)7-11;;;;/h4-9H2,1-3H3;12H,3-8H2,1-2H3;;;;/q2*-2;2*+1;;. The Labute approximate surface area is 268 Å². The van der Waals surface area contributed by atoms with Crippen LogP contribution >= 0.6 is 0 Å². The SMILES string of the molecule is C[C-]1CCCC2(C[C-](C)C2)N(C)C1.C[C-]1CNCCC2(C1)C[C-](C)C2.[Rb+].[Rb+].[Rf].[Rf]. The Morgan fingerprint density at radius 2 is 1.31 bits per heavy atom. The van der Waals surface area contributed by atoms with Gasteiger partial charge in [0.2, 0.25) is 0 Å². The Kier molecular flexibility index (Phi) is 15.7. The summed E-state index contributed by atoms with van der Waals surface area (Å²) in [4.78, 5) is 2.60. The normalized spacial score (nSPS) is 27.2. The zero-order chi connectivity index (χ0) is 18.1. The van der Waals surface area contributed by atoms with Crippen molar-refractivity contribution in [1.82, 2.24) is 10.2 Å². The number of nitrogens with one attached hydrogen (secondary N) is 1. The summed E-state index contributed by atoms with van der Waals surface area (Å²) < 4.78 is 0. The van der Waals surface area contributed by atoms with Crippen molar-refractivity contribution in [3.63, 3.8) is 0 Å². The first kappa shape index (κ1) is 32.7. The van der Waals surface area contributed by atoms with Crippen LogP contribution in [0.5, 0.6) is 0 Å². The van der Waals surface area contributed by atoms with E-state index in [9.17, 15) is 0 Å². The molecule has 29 heavy (non-hydrogen) atoms. The minimum absolute atomic E-state index is 0. The molecule has 0 radical (unpaired) electrons. The van der Waals surface area contributed by atoms with Gasteiger partial charge in [0.05, 0.1) is 0 Å². The van der Waals surface area contributed by atoms with Gasteiger partial charge < -0.3 is 33.9 Å². The summed E-state index contributed by atoms with van der Waals surface area (Å²) in [5.41, 5.74) is 1.26. The van der Waals surface area contributed by atoms with Crippen molar-refractivity contribution in [2.75, 3.05) is 26.7 Å². The summed E-state index contributed by atoms with van der Waals surface area (Å²) in [5, 5.41) is 3.49. The predicted molar refractivity (Wildman–Crippen MR) is 108 cm³/mol. The minimum Gasteiger partial charge on any atom is -0.346 e. The van der Waals surface area contributed by atoms with E-state index >= 15 is 0 Å². The van der Waals surface area contributed by atoms with Crippen molar-refractivity contribution in [3.8, 4) is 0 Å². The minimum atomic E-state index is 0. The van der Waals surface area contributed by atoms with Gasteiger partial charge in [0.25, 0.3) is 0 Å². The molecule has 4 rings (SSSR count). The van der Waals surface area contributed by atoms with Gasteiger partial charge in [0.1, 0.15) is 0 Å². The molecule has 2 saturated carbocycles. The van der Waals surface area contributed by atoms with Crippen molar-refractivity contribution in [2.45, 2.75) is 91.0 Å². The molecule has 2 aliphatic heterocycles. The average Bonchev–Trinajstić information content (AvgIpc) is 2.74. The van der Waals surface area contributed by atoms with E-state index in [0.717, 1.165) is 6.54 Å². The third-order valence-corrected chi connectivity index (χ3v) is 7.11. The maximum Gasteiger partial charge on any atom is 1.00 e. The van der Waals surface area contributed by atoms with Crippen LogP contribution in [-0.4, -0.2) is 37.1 Å². The van der Waals surface area contributed by atoms with Crippen molar-refractivity contribution in [1.29, 1.82) is 0 Å². The maximum absolute atomic E-state index is 3.49. The molecule has 2 aliphatic carbocycles. The summed E-state index contributed by atoms with van der Waals surface area (Å²) in [5.74, 6) is 6.74. The van der Waals surface area contributed by atoms with Crippen LogP contribution in [0.2, 0.25) is 0 Å². The van der Waals surface area contributed by atoms with E-state index < -0.39 is 0 Å². The van der Waals surface area contributed by atoms with E-state index in [0.29, 0.717) is 11.0 Å². The summed E-state index contributed by atoms with van der Waals surface area (Å²) in [6, 6.07) is 0. The third kappa shape index (κ3) is 8.43. The second kappa shape index (κ2) is 13.9. The quantitative estimate of drug-likeness (QED) is 0.320. The maximum atomic E-state index is 3.49. The van der Waals surface area contributed by atoms with Gasteiger partial charge >= 0.3 is 116 Å². The first-order valence-electron chi connectivity index (χ1n) is 10.5. The molecule has 0 unspecified atom stereocenters. The van der Waals surface area contributed by atoms with Gasteiger partial charge in [0, 0.05) is 0 Å². The van der Waals surface area contributed by atoms with Crippen LogP contribution in [0, 0.1) is 29.1 Å². The van der Waals surface area contributed by atoms with E-state index in [1.54, 1.807) is 23.7 Å². The number of nitrogens with zero attached hydrogens (tertiary/aromatic N) is 1. The van der Waals surface area contributed by atoms with Gasteiger partial charge in [-0.05, 0) is 32.0 Å². The van der Waals surface area contributed by atoms with Crippen LogP contribution in [-0.2, 0) is 0 Å². The van der Waals surface area contributed by atoms with Crippen LogP contribution in [0.25, 0.3) is 0 Å². The van der Waals surface area contributed by atoms with Crippen LogP contribution in [0.4, 0.5) is 0 Å². The molecule has 2 heterocycles. The van der Waals surface area contributed by atoms with Gasteiger partial charge in [-0.15, -0.1) is 18.5 Å². The van der Waals surface area contributed by atoms with Gasteiger partial charge in [-0.1, -0.05) is 6.42 Å². The van der Waals surface area contributed by atoms with Crippen molar-refractivity contribution in [2.24, 2.45) is 5.41 Å². The fourth-order valence-electron chi connectivity index (χ4n) is 6.06. The molecule has 0 aromatic heterocycles. The zero-order valence-electron chi connectivity index (χ0n) is 20.8. The Morgan fingerprint density at radius 3 is 1.86 bits per heavy atom. The Hall–Kier alpha value is 1.53. The largest absolute Gasteiger partial charge is 1.00 e. The molecule has 2 nitrogen and oxygen atoms in total. The summed E-state index contributed by atoms with van der Waals surface area (Å²) >= 11 is 0. The van der Waals surface area contributed by atoms with E-state index in [1.807, 2.05) is 0 Å². The Bertz CT molecular complexity index is 441. The molecule has 150 valence electrons. The van der Waals surface area contributed by atoms with Crippen LogP contribution in [0.15, 0.2) is 0 Å². The molecule has 4 aliphatic rings. The molecule has 6 heteroatoms. The number of rotatable bonds is 0. The fourth-order valence-corrected chi connectivity index (χ4v) is 6.06. The van der Waals surface area contributed by atoms with Gasteiger partial charge in [-0.2, -0.15) is 66.2 Å². The first-order valence-corrected chi connectivity index (χ1v) is 10.5. The fraction of sp³-hybridized carbons (Fsp3) is 0.826. The average molecular weight is 1050 g/mol. The van der Waals surface area contributed by atoms with Gasteiger partial charge in [-0.25, -0.2) is 0 Å². The Morgan fingerprint density at radius 1 is 0.759 bits per heavy atom. The molecule has 4 fully saturated rings. The number of hydrogen-bond acceptors (Lipinski definition) is 2. The number of hydrogen-bond donors (Lipinski definition) is 1. The third-order valence-electron chi connectivity index (χ3n) is 7.11. The molecule has 0 amide bonds. The summed E-state index contributed by atoms with van der Waals surface area (Å²) in [6.07, 6.45) is 12.4. The van der Waals surface area contributed by atoms with E-state index in [1.165, 1.54) is 70.9 Å². The van der Waals surface area contributed by atoms with Crippen molar-refractivity contribution in [3.05, 3.63) is 23.7 Å². The van der Waals surface area contributed by atoms with E-state index in [2.05, 4.69) is 45.0 Å². The van der Waals surface area contributed by atoms with Crippen molar-refractivity contribution >= 4 is 0 Å². The Balaban J connectivity index is 0. The van der Waals surface area contributed by atoms with Gasteiger partial charge in [-0.3, -0.25) is 0 Å². The molecular formula is C23H40N2Rb2Rf2-2. The summed E-state index contributed by atoms with van der Waals surface area (Å²) in [6.45, 7) is 12.8. The molecule has 0 aromatic rings. The monoisotopic (exact) mass is 1050 g/mol. The molecule has 0 aromatic carbocycles.